The van der Waals surface area contributed by atoms with Crippen molar-refractivity contribution >= 4 is 94.8 Å². The summed E-state index contributed by atoms with van der Waals surface area (Å²) < 4.78 is 80.1. The number of cyclic esters (lactones) is 1. The number of benzene rings is 2. The molecule has 23 N–H and O–H groups in total. The molecule has 1 heterocycles. The molecule has 114 heavy (non-hydrogen) atoms. The van der Waals surface area contributed by atoms with Gasteiger partial charge < -0.3 is 116 Å². The van der Waals surface area contributed by atoms with Gasteiger partial charge in [-0.05, 0) is 92.4 Å². The van der Waals surface area contributed by atoms with Crippen LogP contribution in [0.1, 0.15) is 137 Å². The van der Waals surface area contributed by atoms with Gasteiger partial charge in [-0.25, -0.2) is 19.2 Å². The number of halogens is 6. The topological polar surface area (TPSA) is 622 Å². The van der Waals surface area contributed by atoms with E-state index in [0.29, 0.717) is 0 Å². The Morgan fingerprint density at radius 3 is 1.64 bits per heavy atom. The van der Waals surface area contributed by atoms with Crippen LogP contribution in [0.5, 0.6) is 5.75 Å². The summed E-state index contributed by atoms with van der Waals surface area (Å²) in [6.07, 6.45) is -18.4. The molecule has 0 aliphatic carbocycles. The van der Waals surface area contributed by atoms with E-state index in [9.17, 15) is 94.4 Å². The van der Waals surface area contributed by atoms with E-state index < -0.39 is 217 Å². The molecule has 640 valence electrons. The highest BCUT2D eigenvalue weighted by molar-refractivity contribution is 6.01. The molecule has 0 radical (unpaired) electrons. The second-order valence-electron chi connectivity index (χ2n) is 27.8. The minimum atomic E-state index is -5.08. The number of guanidine groups is 1. The average molecular weight is 1640 g/mol. The number of aliphatic hydroxyl groups excluding tert-OH is 3. The fraction of sp³-hybridized carbons (Fsp3) is 0.600. The number of nitrogens with one attached hydrogen (secondary N) is 10. The Balaban J connectivity index is 0.00000422. The Hall–Kier alpha value is -11.0. The summed E-state index contributed by atoms with van der Waals surface area (Å²) in [5.41, 5.74) is 22.8. The van der Waals surface area contributed by atoms with Crippen molar-refractivity contribution in [1.29, 1.82) is 0 Å². The summed E-state index contributed by atoms with van der Waals surface area (Å²) in [5, 5.41) is 72.4. The number of carboxylic acid groups (broad SMARTS) is 2. The second-order valence-corrected chi connectivity index (χ2v) is 27.8. The second kappa shape index (κ2) is 48.1. The molecule has 44 heteroatoms. The standard InChI is InChI=1S/C66H103N15O19.2C2HF3O2/c1-13-35(10)46-60(92)79-47(36(11)83)59(91)72-29-45(84)77-50(53(54(68)86)100-64(96)38-21-17-22-39(28-38)98-12)62(94)76-44(30-82)65(97)99-52(37-19-15-14-16-20-37)49(81-58(90)43(27-33(6)7)74-55(87)40(67)25-31(2)3)63(95)80-48(51(85)34(8)9)61(93)75-42(26-32(4)5)57(89)73-41(56(88)78-46)23-18-24-71-66(69)70;2*3-2(4,5)1(6)7/h14-17,19-22,28,31-36,40-44,46-53,82-83,85H,13,18,23-27,29-30,67H2,1-12H3,(H2,68,86)(H,72,91)(H,73,89)(H,74,87)(H,75,93)(H,76,94)(H,77,84)(H,78,88)(H,79,92)(H,80,95)(H,81,90)(H4,69,70,71);2*(H,6,7)/t35-,36-,40+,41+,42-,43-,44-,46-,47-,48-,49-,50-,51+,52+,53-;;/m0../s1. The number of hydrogen-bond donors (Lipinski definition) is 19. The first-order chi connectivity index (χ1) is 52.8. The minimum absolute atomic E-state index is 0.0290. The summed E-state index contributed by atoms with van der Waals surface area (Å²) in [4.78, 5) is 210. The lowest BCUT2D eigenvalue weighted by atomic mass is 9.95. The summed E-state index contributed by atoms with van der Waals surface area (Å²) in [6, 6.07) is -6.01. The number of alkyl halides is 6. The fourth-order valence-electron chi connectivity index (χ4n) is 10.3. The van der Waals surface area contributed by atoms with E-state index in [2.05, 4.69) is 58.2 Å². The molecular formula is C70H105F6N15O23. The zero-order valence-corrected chi connectivity index (χ0v) is 64.6. The Kier molecular flexibility index (Phi) is 42.6. The number of nitrogens with zero attached hydrogens (tertiary/aromatic N) is 1. The Labute approximate surface area is 651 Å². The van der Waals surface area contributed by atoms with Gasteiger partial charge in [-0.15, -0.1) is 0 Å². The molecule has 0 spiro atoms. The predicted molar refractivity (Wildman–Crippen MR) is 390 cm³/mol. The van der Waals surface area contributed by atoms with Gasteiger partial charge in [0.05, 0.1) is 44.1 Å². The number of rotatable bonds is 26. The maximum Gasteiger partial charge on any atom is 0.490 e. The molecule has 0 saturated carbocycles. The quantitative estimate of drug-likeness (QED) is 0.0155. The van der Waals surface area contributed by atoms with Crippen molar-refractivity contribution < 1.29 is 138 Å². The highest BCUT2D eigenvalue weighted by Gasteiger charge is 2.46. The number of esters is 2. The lowest BCUT2D eigenvalue weighted by Gasteiger charge is -2.34. The van der Waals surface area contributed by atoms with Gasteiger partial charge in [-0.3, -0.25) is 57.7 Å². The highest BCUT2D eigenvalue weighted by atomic mass is 19.4. The monoisotopic (exact) mass is 1640 g/mol. The van der Waals surface area contributed by atoms with Gasteiger partial charge in [0.1, 0.15) is 48.0 Å². The minimum Gasteiger partial charge on any atom is -0.497 e. The molecule has 0 aromatic heterocycles. The van der Waals surface area contributed by atoms with Crippen LogP contribution >= 0.6 is 0 Å². The molecule has 0 bridgehead atoms. The Morgan fingerprint density at radius 1 is 0.632 bits per heavy atom. The van der Waals surface area contributed by atoms with Crippen molar-refractivity contribution in [3.05, 3.63) is 65.7 Å². The van der Waals surface area contributed by atoms with E-state index in [4.69, 9.17) is 56.9 Å². The molecule has 15 atom stereocenters. The average Bonchev–Trinajstić information content (AvgIpc) is 0.807. The molecule has 1 saturated heterocycles. The number of aliphatic imine (C=N–C) groups is 1. The number of hydrogen-bond acceptors (Lipinski definition) is 23. The Bertz CT molecular complexity index is 3600. The van der Waals surface area contributed by atoms with Gasteiger partial charge in [-0.1, -0.05) is 112 Å². The molecule has 1 fully saturated rings. The van der Waals surface area contributed by atoms with Crippen molar-refractivity contribution in [2.45, 2.75) is 212 Å². The number of primary amides is 1. The largest absolute Gasteiger partial charge is 0.497 e. The maximum atomic E-state index is 15.5. The predicted octanol–water partition coefficient (Wildman–Crippen LogP) is -2.29. The summed E-state index contributed by atoms with van der Waals surface area (Å²) in [6.45, 7) is 15.1. The van der Waals surface area contributed by atoms with E-state index >= 15 is 9.59 Å². The lowest BCUT2D eigenvalue weighted by molar-refractivity contribution is -0.193. The first-order valence-electron chi connectivity index (χ1n) is 35.6. The molecule has 3 rings (SSSR count). The highest BCUT2D eigenvalue weighted by Crippen LogP contribution is 2.26. The summed E-state index contributed by atoms with van der Waals surface area (Å²) in [5.74, 6) is -24.3. The third-order valence-corrected chi connectivity index (χ3v) is 16.4. The third kappa shape index (κ3) is 35.4. The zero-order chi connectivity index (χ0) is 87.6. The van der Waals surface area contributed by atoms with Crippen molar-refractivity contribution in [3.63, 3.8) is 0 Å². The number of carboxylic acids is 2. The summed E-state index contributed by atoms with van der Waals surface area (Å²) >= 11 is 0. The van der Waals surface area contributed by atoms with Crippen molar-refractivity contribution in [2.24, 2.45) is 57.5 Å². The van der Waals surface area contributed by atoms with E-state index in [1.54, 1.807) is 41.5 Å². The first kappa shape index (κ1) is 101. The van der Waals surface area contributed by atoms with Crippen LogP contribution in [0.4, 0.5) is 26.3 Å². The maximum absolute atomic E-state index is 15.5. The number of aliphatic hydroxyl groups is 3. The summed E-state index contributed by atoms with van der Waals surface area (Å²) in [7, 11) is 1.28. The molecule has 2 aromatic rings. The lowest BCUT2D eigenvalue weighted by Crippen LogP contribution is -2.64. The Morgan fingerprint density at radius 2 is 1.15 bits per heavy atom. The van der Waals surface area contributed by atoms with Crippen LogP contribution < -0.4 is 80.8 Å². The number of methoxy groups -OCH3 is 1. The number of nitrogens with two attached hydrogens (primary N) is 4. The SMILES string of the molecule is CC[C@H](C)[C@@H]1NC(=O)[C@@H](CCCN=C(N)N)NC(=O)[C@H](CC(C)C)NC(=O)[C@H]([C@H](O)C(C)C)NC(=O)[C@@H](NC(=O)[C@H](CC(C)C)NC(=O)[C@H](N)CC(C)C)[C@@H](c2ccccc2)OC(=O)[C@H](CO)NC(=O)[C@H]([C@H](OC(=O)c2cccc(OC)c2)C(N)=O)NC(=O)CNC(=O)[C@H]([C@H](C)O)NC1=O.O=C(O)C(F)(F)F.O=C(O)C(F)(F)F. The van der Waals surface area contributed by atoms with Gasteiger partial charge in [-0.2, -0.15) is 26.3 Å². The molecule has 1 aliphatic heterocycles. The van der Waals surface area contributed by atoms with Gasteiger partial charge >= 0.3 is 36.2 Å². The van der Waals surface area contributed by atoms with E-state index in [0.717, 1.165) is 6.92 Å². The van der Waals surface area contributed by atoms with Crippen LogP contribution in [-0.4, -0.2) is 238 Å². The van der Waals surface area contributed by atoms with Crippen LogP contribution in [0.15, 0.2) is 59.6 Å². The number of ether oxygens (including phenoxy) is 3. The van der Waals surface area contributed by atoms with Gasteiger partial charge in [0.2, 0.25) is 65.2 Å². The number of carbonyl (C=O) groups is 15. The molecule has 1 aliphatic rings. The number of aliphatic carboxylic acids is 2. The van der Waals surface area contributed by atoms with Crippen molar-refractivity contribution in [2.75, 3.05) is 26.8 Å². The van der Waals surface area contributed by atoms with Crippen LogP contribution in [0.2, 0.25) is 0 Å². The van der Waals surface area contributed by atoms with Crippen LogP contribution in [0.25, 0.3) is 0 Å². The number of amides is 11. The molecule has 11 amide bonds. The smallest absolute Gasteiger partial charge is 0.490 e. The molecular weight excluding hydrogens is 1530 g/mol. The fourth-order valence-corrected chi connectivity index (χ4v) is 10.3. The van der Waals surface area contributed by atoms with Gasteiger partial charge in [0.15, 0.2) is 24.1 Å². The first-order valence-corrected chi connectivity index (χ1v) is 35.6. The third-order valence-electron chi connectivity index (χ3n) is 16.4. The normalized spacial score (nSPS) is 21.8. The van der Waals surface area contributed by atoms with E-state index in [1.807, 2.05) is 13.8 Å². The van der Waals surface area contributed by atoms with E-state index in [-0.39, 0.29) is 79.7 Å². The van der Waals surface area contributed by atoms with Crippen LogP contribution in [0, 0.1) is 29.6 Å². The number of carbonyl (C=O) groups excluding carboxylic acids is 13. The van der Waals surface area contributed by atoms with Crippen LogP contribution in [-0.2, 0) is 76.6 Å². The zero-order valence-electron chi connectivity index (χ0n) is 64.6. The van der Waals surface area contributed by atoms with Gasteiger partial charge in [0, 0.05) is 6.54 Å². The molecule has 38 nitrogen and oxygen atoms in total. The van der Waals surface area contributed by atoms with Crippen molar-refractivity contribution in [1.82, 2.24) is 53.2 Å². The van der Waals surface area contributed by atoms with Gasteiger partial charge in [0.25, 0.3) is 5.91 Å². The molecule has 2 aromatic carbocycles. The van der Waals surface area contributed by atoms with E-state index in [1.165, 1.54) is 75.6 Å². The van der Waals surface area contributed by atoms with Crippen molar-refractivity contribution in [3.8, 4) is 5.75 Å². The molecule has 0 unspecified atom stereocenters. The van der Waals surface area contributed by atoms with Crippen LogP contribution in [0.3, 0.4) is 0 Å².